The Morgan fingerprint density at radius 1 is 1.03 bits per heavy atom. The van der Waals surface area contributed by atoms with Crippen LogP contribution in [0.25, 0.3) is 5.70 Å². The minimum absolute atomic E-state index is 0.148. The number of nitrogens with one attached hydrogen (secondary N) is 2. The number of hydrogen-bond donors (Lipinski definition) is 2. The molecule has 1 amide bonds. The van der Waals surface area contributed by atoms with E-state index in [2.05, 4.69) is 26.8 Å². The molecular formula is C25H19ClFN5O. The highest BCUT2D eigenvalue weighted by Crippen LogP contribution is 2.33. The predicted octanol–water partition coefficient (Wildman–Crippen LogP) is 5.69. The van der Waals surface area contributed by atoms with Gasteiger partial charge in [0.15, 0.2) is 0 Å². The fourth-order valence-electron chi connectivity index (χ4n) is 3.62. The molecule has 0 fully saturated rings. The van der Waals surface area contributed by atoms with Crippen LogP contribution in [0.2, 0.25) is 5.02 Å². The Balaban J connectivity index is 1.50. The van der Waals surface area contributed by atoms with Crippen LogP contribution in [0, 0.1) is 12.7 Å². The molecular weight excluding hydrogens is 441 g/mol. The van der Waals surface area contributed by atoms with E-state index in [1.165, 1.54) is 24.3 Å². The summed E-state index contributed by atoms with van der Waals surface area (Å²) in [5.41, 5.74) is 4.29. The van der Waals surface area contributed by atoms with E-state index in [0.29, 0.717) is 16.5 Å². The van der Waals surface area contributed by atoms with Gasteiger partial charge in [0.25, 0.3) is 11.9 Å². The van der Waals surface area contributed by atoms with Gasteiger partial charge < -0.3 is 5.32 Å². The molecule has 0 aliphatic carbocycles. The number of aromatic nitrogens is 3. The Morgan fingerprint density at radius 2 is 1.73 bits per heavy atom. The first kappa shape index (κ1) is 20.9. The third-order valence-corrected chi connectivity index (χ3v) is 5.62. The number of fused-ring (bicyclic) bond motifs is 1. The SMILES string of the molecule is Cc1ccc([C@@H]2C=C(c3ccc(Cl)cc3)Nc3nc(NC(=O)c4ccc(F)cc4)nn32)cc1. The fraction of sp³-hybridized carbons (Fsp3) is 0.0800. The van der Waals surface area contributed by atoms with E-state index in [-0.39, 0.29) is 12.0 Å². The number of rotatable bonds is 4. The zero-order valence-electron chi connectivity index (χ0n) is 17.6. The standard InChI is InChI=1S/C25H19ClFN5O/c1-15-2-4-17(5-3-15)22-14-21(16-6-10-19(26)11-7-16)28-25-30-24(31-32(22)25)29-23(33)18-8-12-20(27)13-9-18/h2-14,22H,1H3,(H2,28,29,30,31,33)/t22-/m0/s1. The molecule has 3 aromatic carbocycles. The molecule has 0 spiro atoms. The van der Waals surface area contributed by atoms with Gasteiger partial charge >= 0.3 is 0 Å². The highest BCUT2D eigenvalue weighted by atomic mass is 35.5. The molecule has 2 N–H and O–H groups in total. The van der Waals surface area contributed by atoms with Crippen molar-refractivity contribution in [2.45, 2.75) is 13.0 Å². The summed E-state index contributed by atoms with van der Waals surface area (Å²) < 4.78 is 14.9. The van der Waals surface area contributed by atoms with Gasteiger partial charge in [-0.15, -0.1) is 5.10 Å². The second kappa shape index (κ2) is 8.52. The van der Waals surface area contributed by atoms with Crippen molar-refractivity contribution in [1.82, 2.24) is 14.8 Å². The summed E-state index contributed by atoms with van der Waals surface area (Å²) >= 11 is 6.05. The fourth-order valence-corrected chi connectivity index (χ4v) is 3.75. The molecule has 33 heavy (non-hydrogen) atoms. The molecule has 1 aliphatic rings. The highest BCUT2D eigenvalue weighted by molar-refractivity contribution is 6.30. The van der Waals surface area contributed by atoms with Gasteiger partial charge in [-0.25, -0.2) is 9.07 Å². The number of amides is 1. The van der Waals surface area contributed by atoms with Gasteiger partial charge in [0, 0.05) is 16.3 Å². The van der Waals surface area contributed by atoms with Gasteiger partial charge in [0.05, 0.1) is 0 Å². The van der Waals surface area contributed by atoms with Gasteiger partial charge in [-0.05, 0) is 60.5 Å². The molecule has 0 saturated carbocycles. The summed E-state index contributed by atoms with van der Waals surface area (Å²) in [7, 11) is 0. The molecule has 6 nitrogen and oxygen atoms in total. The van der Waals surface area contributed by atoms with Gasteiger partial charge in [-0.3, -0.25) is 10.1 Å². The molecule has 164 valence electrons. The lowest BCUT2D eigenvalue weighted by Gasteiger charge is -2.24. The lowest BCUT2D eigenvalue weighted by atomic mass is 10.0. The Labute approximate surface area is 194 Å². The largest absolute Gasteiger partial charge is 0.324 e. The normalized spacial score (nSPS) is 14.8. The van der Waals surface area contributed by atoms with E-state index in [1.807, 2.05) is 55.5 Å². The summed E-state index contributed by atoms with van der Waals surface area (Å²) in [6.07, 6.45) is 2.06. The van der Waals surface area contributed by atoms with Crippen LogP contribution in [-0.2, 0) is 0 Å². The van der Waals surface area contributed by atoms with Gasteiger partial charge in [-0.2, -0.15) is 4.98 Å². The van der Waals surface area contributed by atoms with Crippen LogP contribution in [0.4, 0.5) is 16.3 Å². The van der Waals surface area contributed by atoms with E-state index in [4.69, 9.17) is 11.6 Å². The molecule has 5 rings (SSSR count). The molecule has 4 aromatic rings. The second-order valence-electron chi connectivity index (χ2n) is 7.73. The number of allylic oxidation sites excluding steroid dienone is 1. The summed E-state index contributed by atoms with van der Waals surface area (Å²) in [6, 6.07) is 20.7. The summed E-state index contributed by atoms with van der Waals surface area (Å²) in [6.45, 7) is 2.03. The number of anilines is 2. The number of benzene rings is 3. The minimum Gasteiger partial charge on any atom is -0.324 e. The summed E-state index contributed by atoms with van der Waals surface area (Å²) in [5, 5.41) is 11.2. The van der Waals surface area contributed by atoms with Crippen molar-refractivity contribution in [2.75, 3.05) is 10.6 Å². The Morgan fingerprint density at radius 3 is 2.42 bits per heavy atom. The van der Waals surface area contributed by atoms with Crippen molar-refractivity contribution in [3.63, 3.8) is 0 Å². The van der Waals surface area contributed by atoms with Crippen molar-refractivity contribution in [1.29, 1.82) is 0 Å². The molecule has 0 radical (unpaired) electrons. The molecule has 1 atom stereocenters. The second-order valence-corrected chi connectivity index (χ2v) is 8.17. The summed E-state index contributed by atoms with van der Waals surface area (Å²) in [5.74, 6) is -0.194. The average molecular weight is 460 g/mol. The smallest absolute Gasteiger partial charge is 0.258 e. The molecule has 0 saturated heterocycles. The van der Waals surface area contributed by atoms with E-state index in [9.17, 15) is 9.18 Å². The van der Waals surface area contributed by atoms with E-state index >= 15 is 0 Å². The number of hydrogen-bond acceptors (Lipinski definition) is 4. The minimum atomic E-state index is -0.421. The maximum Gasteiger partial charge on any atom is 0.258 e. The number of carbonyl (C=O) groups excluding carboxylic acids is 1. The van der Waals surface area contributed by atoms with E-state index in [1.54, 1.807) is 4.68 Å². The van der Waals surface area contributed by atoms with Crippen LogP contribution in [0.15, 0.2) is 78.9 Å². The maximum atomic E-state index is 13.2. The van der Waals surface area contributed by atoms with Gasteiger partial charge in [0.1, 0.15) is 11.9 Å². The molecule has 8 heteroatoms. The Bertz CT molecular complexity index is 1350. The van der Waals surface area contributed by atoms with Gasteiger partial charge in [-0.1, -0.05) is 53.6 Å². The zero-order valence-corrected chi connectivity index (χ0v) is 18.3. The molecule has 1 aromatic heterocycles. The van der Waals surface area contributed by atoms with Crippen LogP contribution in [0.1, 0.15) is 33.1 Å². The van der Waals surface area contributed by atoms with Crippen molar-refractivity contribution < 1.29 is 9.18 Å². The van der Waals surface area contributed by atoms with Crippen LogP contribution in [0.5, 0.6) is 0 Å². The first-order valence-electron chi connectivity index (χ1n) is 10.3. The zero-order chi connectivity index (χ0) is 22.9. The third kappa shape index (κ3) is 4.36. The first-order valence-corrected chi connectivity index (χ1v) is 10.7. The molecule has 1 aliphatic heterocycles. The number of halogens is 2. The molecule has 2 heterocycles. The van der Waals surface area contributed by atoms with Gasteiger partial charge in [0.2, 0.25) is 5.95 Å². The average Bonchev–Trinajstić information content (AvgIpc) is 3.22. The molecule has 0 unspecified atom stereocenters. The molecule has 0 bridgehead atoms. The number of aryl methyl sites for hydroxylation is 1. The topological polar surface area (TPSA) is 71.8 Å². The highest BCUT2D eigenvalue weighted by Gasteiger charge is 2.26. The number of nitrogens with zero attached hydrogens (tertiary/aromatic N) is 3. The van der Waals surface area contributed by atoms with E-state index < -0.39 is 11.7 Å². The Hall–Kier alpha value is -3.97. The summed E-state index contributed by atoms with van der Waals surface area (Å²) in [4.78, 5) is 17.1. The van der Waals surface area contributed by atoms with Crippen LogP contribution in [0.3, 0.4) is 0 Å². The van der Waals surface area contributed by atoms with Crippen LogP contribution < -0.4 is 10.6 Å². The predicted molar refractivity (Wildman–Crippen MR) is 127 cm³/mol. The lowest BCUT2D eigenvalue weighted by molar-refractivity contribution is 0.102. The monoisotopic (exact) mass is 459 g/mol. The number of carbonyl (C=O) groups is 1. The third-order valence-electron chi connectivity index (χ3n) is 5.37. The van der Waals surface area contributed by atoms with Crippen LogP contribution in [-0.4, -0.2) is 20.7 Å². The first-order chi connectivity index (χ1) is 16.0. The Kier molecular flexibility index (Phi) is 5.40. The van der Waals surface area contributed by atoms with Crippen molar-refractivity contribution >= 4 is 35.1 Å². The van der Waals surface area contributed by atoms with Crippen LogP contribution >= 0.6 is 11.6 Å². The maximum absolute atomic E-state index is 13.2. The van der Waals surface area contributed by atoms with Crippen molar-refractivity contribution in [2.24, 2.45) is 0 Å². The van der Waals surface area contributed by atoms with Crippen molar-refractivity contribution in [3.05, 3.63) is 112 Å². The quantitative estimate of drug-likeness (QED) is 0.411. The van der Waals surface area contributed by atoms with E-state index in [0.717, 1.165) is 22.4 Å². The lowest BCUT2D eigenvalue weighted by Crippen LogP contribution is -2.20. The van der Waals surface area contributed by atoms with Crippen molar-refractivity contribution in [3.8, 4) is 0 Å².